The van der Waals surface area contributed by atoms with Crippen molar-refractivity contribution >= 4 is 11.6 Å². The highest BCUT2D eigenvalue weighted by atomic mass is 16.5. The summed E-state index contributed by atoms with van der Waals surface area (Å²) in [6.45, 7) is 4.94. The third-order valence-corrected chi connectivity index (χ3v) is 7.41. The molecule has 2 aromatic carbocycles. The Morgan fingerprint density at radius 3 is 2.48 bits per heavy atom. The van der Waals surface area contributed by atoms with E-state index in [1.807, 2.05) is 54.6 Å². The van der Waals surface area contributed by atoms with Crippen LogP contribution in [-0.2, 0) is 11.4 Å². The predicted octanol–water partition coefficient (Wildman–Crippen LogP) is 5.81. The number of benzene rings is 2. The normalized spacial score (nSPS) is 28.5. The van der Waals surface area contributed by atoms with E-state index in [9.17, 15) is 9.90 Å². The molecule has 31 heavy (non-hydrogen) atoms. The Kier molecular flexibility index (Phi) is 6.66. The minimum Gasteiger partial charge on any atom is -0.489 e. The van der Waals surface area contributed by atoms with E-state index in [4.69, 9.17) is 4.74 Å². The monoisotopic (exact) mass is 421 g/mol. The smallest absolute Gasteiger partial charge is 0.253 e. The van der Waals surface area contributed by atoms with Crippen molar-refractivity contribution in [3.63, 3.8) is 0 Å². The van der Waals surface area contributed by atoms with Gasteiger partial charge in [-0.15, -0.1) is 0 Å². The van der Waals surface area contributed by atoms with Crippen LogP contribution in [0.25, 0.3) is 0 Å². The minimum atomic E-state index is -0.981. The molecule has 2 aliphatic carbocycles. The summed E-state index contributed by atoms with van der Waals surface area (Å²) in [4.78, 5) is 13.0. The molecule has 166 valence electrons. The second kappa shape index (κ2) is 9.44. The fraction of sp³-hybridized carbons (Fsp3) is 0.519. The van der Waals surface area contributed by atoms with Gasteiger partial charge in [0.1, 0.15) is 18.5 Å². The lowest BCUT2D eigenvalue weighted by Gasteiger charge is -2.50. The van der Waals surface area contributed by atoms with E-state index in [1.54, 1.807) is 0 Å². The average Bonchev–Trinajstić information content (AvgIpc) is 2.77. The van der Waals surface area contributed by atoms with Crippen LogP contribution in [0, 0.1) is 23.2 Å². The van der Waals surface area contributed by atoms with E-state index in [2.05, 4.69) is 19.2 Å². The zero-order valence-electron chi connectivity index (χ0n) is 18.7. The molecule has 3 unspecified atom stereocenters. The molecule has 0 saturated heterocycles. The van der Waals surface area contributed by atoms with Crippen LogP contribution in [0.2, 0.25) is 0 Å². The largest absolute Gasteiger partial charge is 0.489 e. The second-order valence-corrected chi connectivity index (χ2v) is 9.86. The van der Waals surface area contributed by atoms with Crippen molar-refractivity contribution in [2.24, 2.45) is 23.2 Å². The highest BCUT2D eigenvalue weighted by Crippen LogP contribution is 2.53. The van der Waals surface area contributed by atoms with Crippen molar-refractivity contribution in [3.8, 4) is 5.75 Å². The van der Waals surface area contributed by atoms with Gasteiger partial charge in [0, 0.05) is 17.2 Å². The summed E-state index contributed by atoms with van der Waals surface area (Å²) in [6.07, 6.45) is 5.49. The summed E-state index contributed by atoms with van der Waals surface area (Å²) in [5, 5.41) is 14.1. The zero-order valence-corrected chi connectivity index (χ0v) is 18.7. The number of ether oxygens (including phenoxy) is 1. The molecule has 0 heterocycles. The first-order valence-corrected chi connectivity index (χ1v) is 11.7. The number of rotatable bonds is 7. The number of carbonyl (C=O) groups is 1. The molecule has 2 fully saturated rings. The molecule has 2 aromatic rings. The molecule has 0 spiro atoms. The first-order valence-electron chi connectivity index (χ1n) is 11.7. The minimum absolute atomic E-state index is 0.296. The van der Waals surface area contributed by atoms with E-state index < -0.39 is 6.10 Å². The van der Waals surface area contributed by atoms with Crippen LogP contribution < -0.4 is 10.1 Å². The number of aliphatic hydroxyl groups is 1. The summed E-state index contributed by atoms with van der Waals surface area (Å²) in [5.41, 5.74) is 1.44. The predicted molar refractivity (Wildman–Crippen MR) is 124 cm³/mol. The quantitative estimate of drug-likeness (QED) is 0.593. The number of nitrogens with one attached hydrogen (secondary N) is 1. The van der Waals surface area contributed by atoms with Crippen molar-refractivity contribution < 1.29 is 14.6 Å². The Bertz CT molecular complexity index is 863. The van der Waals surface area contributed by atoms with Crippen molar-refractivity contribution in [3.05, 3.63) is 60.2 Å². The maximum absolute atomic E-state index is 13.0. The maximum atomic E-state index is 13.0. The number of hydrogen-bond acceptors (Lipinski definition) is 3. The Morgan fingerprint density at radius 2 is 1.81 bits per heavy atom. The summed E-state index contributed by atoms with van der Waals surface area (Å²) < 4.78 is 5.88. The lowest BCUT2D eigenvalue weighted by molar-refractivity contribution is -0.137. The van der Waals surface area contributed by atoms with Gasteiger partial charge >= 0.3 is 0 Å². The van der Waals surface area contributed by atoms with Crippen LogP contribution in [0.1, 0.15) is 57.9 Å². The second-order valence-electron chi connectivity index (χ2n) is 9.86. The highest BCUT2D eigenvalue weighted by Gasteiger charge is 2.48. The molecule has 0 radical (unpaired) electrons. The number of amides is 1. The molecular weight excluding hydrogens is 386 g/mol. The number of anilines is 1. The maximum Gasteiger partial charge on any atom is 0.253 e. The fourth-order valence-corrected chi connectivity index (χ4v) is 6.06. The van der Waals surface area contributed by atoms with E-state index in [1.165, 1.54) is 19.3 Å². The van der Waals surface area contributed by atoms with Crippen LogP contribution in [0.3, 0.4) is 0 Å². The molecule has 4 heteroatoms. The van der Waals surface area contributed by atoms with Crippen molar-refractivity contribution in [1.29, 1.82) is 0 Å². The van der Waals surface area contributed by atoms with Crippen LogP contribution in [0.15, 0.2) is 54.6 Å². The first-order chi connectivity index (χ1) is 15.0. The first kappa shape index (κ1) is 21.9. The van der Waals surface area contributed by atoms with Gasteiger partial charge in [-0.2, -0.15) is 0 Å². The van der Waals surface area contributed by atoms with E-state index in [-0.39, 0.29) is 11.3 Å². The molecule has 2 bridgehead atoms. The third-order valence-electron chi connectivity index (χ3n) is 7.41. The average molecular weight is 422 g/mol. The van der Waals surface area contributed by atoms with Gasteiger partial charge in [-0.05, 0) is 74.0 Å². The number of hydrogen-bond donors (Lipinski definition) is 2. The van der Waals surface area contributed by atoms with Crippen molar-refractivity contribution in [2.75, 3.05) is 5.32 Å². The van der Waals surface area contributed by atoms with Gasteiger partial charge in [0.2, 0.25) is 0 Å². The zero-order chi connectivity index (χ0) is 21.8. The topological polar surface area (TPSA) is 58.6 Å². The lowest BCUT2D eigenvalue weighted by Crippen LogP contribution is -2.49. The van der Waals surface area contributed by atoms with Gasteiger partial charge in [-0.3, -0.25) is 4.79 Å². The van der Waals surface area contributed by atoms with Crippen LogP contribution in [0.4, 0.5) is 5.69 Å². The summed E-state index contributed by atoms with van der Waals surface area (Å²) in [7, 11) is 0. The molecule has 0 aliphatic heterocycles. The molecular formula is C27H35NO3. The van der Waals surface area contributed by atoms with Gasteiger partial charge in [0.25, 0.3) is 5.91 Å². The van der Waals surface area contributed by atoms with Gasteiger partial charge in [-0.25, -0.2) is 0 Å². The van der Waals surface area contributed by atoms with Crippen LogP contribution in [0.5, 0.6) is 5.75 Å². The molecule has 3 atom stereocenters. The summed E-state index contributed by atoms with van der Waals surface area (Å²) in [6, 6.07) is 17.4. The number of aliphatic hydroxyl groups excluding tert-OH is 1. The van der Waals surface area contributed by atoms with Gasteiger partial charge in [-0.1, -0.05) is 50.2 Å². The summed E-state index contributed by atoms with van der Waals surface area (Å²) >= 11 is 0. The van der Waals surface area contributed by atoms with Crippen LogP contribution >= 0.6 is 0 Å². The molecule has 4 nitrogen and oxygen atoms in total. The fourth-order valence-electron chi connectivity index (χ4n) is 6.06. The number of carbonyl (C=O) groups excluding carboxylic acids is 1. The molecule has 1 amide bonds. The van der Waals surface area contributed by atoms with Gasteiger partial charge in [0.05, 0.1) is 0 Å². The molecule has 2 N–H and O–H groups in total. The van der Waals surface area contributed by atoms with Gasteiger partial charge in [0.15, 0.2) is 0 Å². The highest BCUT2D eigenvalue weighted by molar-refractivity contribution is 5.94. The SMILES string of the molecule is CCC1(C(O)C(=O)Nc2cccc(OCc3ccccc3)c2)CC2CC(C)CC(C2)C1. The van der Waals surface area contributed by atoms with E-state index in [0.29, 0.717) is 29.9 Å². The van der Waals surface area contributed by atoms with E-state index in [0.717, 1.165) is 30.7 Å². The Labute approximate surface area is 186 Å². The summed E-state index contributed by atoms with van der Waals surface area (Å²) in [5.74, 6) is 2.44. The Hall–Kier alpha value is -2.33. The molecule has 2 aliphatic rings. The van der Waals surface area contributed by atoms with Gasteiger partial charge < -0.3 is 15.2 Å². The third kappa shape index (κ3) is 5.12. The molecule has 4 rings (SSSR count). The Morgan fingerprint density at radius 1 is 1.10 bits per heavy atom. The molecule has 2 saturated carbocycles. The van der Waals surface area contributed by atoms with Crippen LogP contribution in [-0.4, -0.2) is 17.1 Å². The van der Waals surface area contributed by atoms with E-state index >= 15 is 0 Å². The van der Waals surface area contributed by atoms with Crippen molar-refractivity contribution in [1.82, 2.24) is 0 Å². The lowest BCUT2D eigenvalue weighted by atomic mass is 9.56. The Balaban J connectivity index is 1.40. The van der Waals surface area contributed by atoms with Crippen molar-refractivity contribution in [2.45, 2.75) is 65.1 Å². The number of fused-ring (bicyclic) bond motifs is 2. The molecule has 0 aromatic heterocycles. The standard InChI is InChI=1S/C27H35NO3/c1-3-27(16-21-12-19(2)13-22(14-21)17-27)25(29)26(30)28-23-10-7-11-24(15-23)31-18-20-8-5-4-6-9-20/h4-11,15,19,21-22,25,29H,3,12-14,16-18H2,1-2H3,(H,28,30).